The van der Waals surface area contributed by atoms with Crippen LogP contribution in [0.25, 0.3) is 0 Å². The summed E-state index contributed by atoms with van der Waals surface area (Å²) in [5, 5.41) is 2.07. The third-order valence-corrected chi connectivity index (χ3v) is 3.90. The number of rotatable bonds is 1. The largest absolute Gasteiger partial charge is 0.306 e. The summed E-state index contributed by atoms with van der Waals surface area (Å²) < 4.78 is 0. The van der Waals surface area contributed by atoms with Gasteiger partial charge >= 0.3 is 0 Å². The average Bonchev–Trinajstić information content (AvgIpc) is 2.56. The Kier molecular flexibility index (Phi) is 1.44. The van der Waals surface area contributed by atoms with Crippen LogP contribution in [0, 0.1) is 5.41 Å². The van der Waals surface area contributed by atoms with E-state index in [9.17, 15) is 4.79 Å². The minimum Gasteiger partial charge on any atom is -0.306 e. The van der Waals surface area contributed by atoms with Crippen LogP contribution >= 0.6 is 0 Å². The Bertz CT molecular complexity index is 411. The number of Topliss-reactive ketones (excluding diaryl/α,β-unsaturated/α-hetero) is 1. The second-order valence-corrected chi connectivity index (χ2v) is 4.82. The van der Waals surface area contributed by atoms with Gasteiger partial charge in [0, 0.05) is 6.54 Å². The van der Waals surface area contributed by atoms with Crippen molar-refractivity contribution in [3.8, 4) is 0 Å². The van der Waals surface area contributed by atoms with Crippen molar-refractivity contribution in [1.29, 1.82) is 0 Å². The number of hydrazine groups is 1. The van der Waals surface area contributed by atoms with Crippen LogP contribution in [0.4, 0.5) is 5.69 Å². The molecule has 3 nitrogen and oxygen atoms in total. The summed E-state index contributed by atoms with van der Waals surface area (Å²) in [5.41, 5.74) is 3.90. The maximum absolute atomic E-state index is 11.6. The van der Waals surface area contributed by atoms with Gasteiger partial charge < -0.3 is 5.01 Å². The highest BCUT2D eigenvalue weighted by atomic mass is 16.2. The molecule has 15 heavy (non-hydrogen) atoms. The van der Waals surface area contributed by atoms with Crippen molar-refractivity contribution < 1.29 is 4.79 Å². The molecule has 0 aromatic heterocycles. The number of para-hydroxylation sites is 1. The maximum atomic E-state index is 11.6. The molecule has 1 aliphatic carbocycles. The lowest BCUT2D eigenvalue weighted by atomic mass is 10.1. The Morgan fingerprint density at radius 2 is 1.93 bits per heavy atom. The zero-order valence-corrected chi connectivity index (χ0v) is 8.95. The molecule has 1 saturated carbocycles. The first-order valence-electron chi connectivity index (χ1n) is 5.23. The number of hydrogen-bond acceptors (Lipinski definition) is 3. The molecule has 1 aromatic rings. The molecule has 78 valence electrons. The molecule has 2 atom stereocenters. The van der Waals surface area contributed by atoms with E-state index in [1.54, 1.807) is 0 Å². The molecule has 1 saturated heterocycles. The first kappa shape index (κ1) is 8.92. The zero-order chi connectivity index (χ0) is 10.7. The van der Waals surface area contributed by atoms with Gasteiger partial charge in [-0.05, 0) is 26.0 Å². The first-order valence-corrected chi connectivity index (χ1v) is 5.23. The van der Waals surface area contributed by atoms with Crippen LogP contribution in [-0.4, -0.2) is 17.9 Å². The van der Waals surface area contributed by atoms with Crippen LogP contribution in [0.2, 0.25) is 0 Å². The van der Waals surface area contributed by atoms with E-state index in [0.717, 1.165) is 12.2 Å². The van der Waals surface area contributed by atoms with E-state index < -0.39 is 0 Å². The highest BCUT2D eigenvalue weighted by Crippen LogP contribution is 2.56. The topological polar surface area (TPSA) is 32.3 Å². The third kappa shape index (κ3) is 0.913. The number of hydrogen-bond donors (Lipinski definition) is 1. The van der Waals surface area contributed by atoms with Crippen molar-refractivity contribution in [3.05, 3.63) is 30.3 Å². The van der Waals surface area contributed by atoms with Crippen LogP contribution in [0.5, 0.6) is 0 Å². The summed E-state index contributed by atoms with van der Waals surface area (Å²) in [6, 6.07) is 10.1. The van der Waals surface area contributed by atoms with Gasteiger partial charge in [0.2, 0.25) is 0 Å². The highest BCUT2D eigenvalue weighted by molar-refractivity contribution is 6.13. The van der Waals surface area contributed by atoms with Gasteiger partial charge in [0.1, 0.15) is 5.54 Å². The molecular formula is C12H14N2O. The molecule has 0 radical (unpaired) electrons. The Morgan fingerprint density at radius 1 is 1.27 bits per heavy atom. The monoisotopic (exact) mass is 202 g/mol. The van der Waals surface area contributed by atoms with Crippen molar-refractivity contribution in [1.82, 2.24) is 5.43 Å². The van der Waals surface area contributed by atoms with Gasteiger partial charge in [-0.1, -0.05) is 18.2 Å². The van der Waals surface area contributed by atoms with Gasteiger partial charge in [-0.3, -0.25) is 4.79 Å². The molecule has 0 amide bonds. The van der Waals surface area contributed by atoms with E-state index in [4.69, 9.17) is 0 Å². The van der Waals surface area contributed by atoms with Gasteiger partial charge in [0.15, 0.2) is 5.78 Å². The molecule has 1 N–H and O–H groups in total. The summed E-state index contributed by atoms with van der Waals surface area (Å²) >= 11 is 0. The Hall–Kier alpha value is -1.35. The van der Waals surface area contributed by atoms with E-state index in [-0.39, 0.29) is 11.0 Å². The van der Waals surface area contributed by atoms with Crippen molar-refractivity contribution in [2.45, 2.75) is 19.4 Å². The molecule has 2 unspecified atom stereocenters. The number of ketones is 1. The molecule has 3 rings (SSSR count). The molecule has 2 fully saturated rings. The zero-order valence-electron chi connectivity index (χ0n) is 8.95. The third-order valence-electron chi connectivity index (χ3n) is 3.90. The minimum atomic E-state index is -0.331. The lowest BCUT2D eigenvalue weighted by Crippen LogP contribution is -2.41. The van der Waals surface area contributed by atoms with Crippen LogP contribution in [0.1, 0.15) is 13.8 Å². The van der Waals surface area contributed by atoms with E-state index >= 15 is 0 Å². The van der Waals surface area contributed by atoms with Gasteiger partial charge in [0.25, 0.3) is 0 Å². The maximum Gasteiger partial charge on any atom is 0.165 e. The van der Waals surface area contributed by atoms with Crippen molar-refractivity contribution >= 4 is 11.5 Å². The van der Waals surface area contributed by atoms with Gasteiger partial charge in [0.05, 0.1) is 11.1 Å². The average molecular weight is 202 g/mol. The lowest BCUT2D eigenvalue weighted by molar-refractivity contribution is -0.114. The summed E-state index contributed by atoms with van der Waals surface area (Å²) in [6.07, 6.45) is 0. The van der Waals surface area contributed by atoms with E-state index in [2.05, 4.69) is 22.6 Å². The van der Waals surface area contributed by atoms with Crippen LogP contribution in [-0.2, 0) is 4.79 Å². The summed E-state index contributed by atoms with van der Waals surface area (Å²) in [4.78, 5) is 11.6. The minimum absolute atomic E-state index is 0.192. The standard InChI is InChI=1S/C12H14N2O/c1-11-8-14(9-6-4-3-5-7-9)13-12(11,2)10(11)15/h3-7,13H,8H2,1-2H3. The van der Waals surface area contributed by atoms with E-state index in [1.165, 1.54) is 0 Å². The first-order chi connectivity index (χ1) is 7.08. The summed E-state index contributed by atoms with van der Waals surface area (Å²) in [5.74, 6) is 0.335. The molecule has 3 heteroatoms. The number of nitrogens with one attached hydrogen (secondary N) is 1. The Balaban J connectivity index is 1.89. The molecule has 0 spiro atoms. The molecule has 1 heterocycles. The fourth-order valence-corrected chi connectivity index (χ4v) is 2.50. The smallest absolute Gasteiger partial charge is 0.165 e. The highest BCUT2D eigenvalue weighted by Gasteiger charge is 2.76. The summed E-state index contributed by atoms with van der Waals surface area (Å²) in [7, 11) is 0. The van der Waals surface area contributed by atoms with Crippen LogP contribution < -0.4 is 10.4 Å². The fourth-order valence-electron chi connectivity index (χ4n) is 2.50. The van der Waals surface area contributed by atoms with Crippen molar-refractivity contribution in [2.24, 2.45) is 5.41 Å². The van der Waals surface area contributed by atoms with E-state index in [1.807, 2.05) is 32.0 Å². The van der Waals surface area contributed by atoms with Crippen LogP contribution in [0.15, 0.2) is 30.3 Å². The van der Waals surface area contributed by atoms with Crippen molar-refractivity contribution in [2.75, 3.05) is 11.6 Å². The number of fused-ring (bicyclic) bond motifs is 1. The molecule has 1 aromatic carbocycles. The predicted octanol–water partition coefficient (Wildman–Crippen LogP) is 1.36. The fraction of sp³-hybridized carbons (Fsp3) is 0.417. The molecule has 2 aliphatic rings. The molecule has 1 aliphatic heterocycles. The SMILES string of the molecule is CC12CN(c3ccccc3)NC1(C)C2=O. The van der Waals surface area contributed by atoms with Crippen LogP contribution in [0.3, 0.4) is 0 Å². The number of benzene rings is 1. The molecular weight excluding hydrogens is 188 g/mol. The second-order valence-electron chi connectivity index (χ2n) is 4.82. The number of anilines is 1. The quantitative estimate of drug-likeness (QED) is 0.746. The van der Waals surface area contributed by atoms with Crippen molar-refractivity contribution in [3.63, 3.8) is 0 Å². The Morgan fingerprint density at radius 3 is 2.47 bits per heavy atom. The molecule has 0 bridgehead atoms. The normalized spacial score (nSPS) is 38.0. The lowest BCUT2D eigenvalue weighted by Gasteiger charge is -2.22. The van der Waals surface area contributed by atoms with Gasteiger partial charge in [-0.2, -0.15) is 0 Å². The van der Waals surface area contributed by atoms with E-state index in [0.29, 0.717) is 5.78 Å². The second kappa shape index (κ2) is 2.42. The number of carbonyl (C=O) groups is 1. The summed E-state index contributed by atoms with van der Waals surface area (Å²) in [6.45, 7) is 4.79. The van der Waals surface area contributed by atoms with Gasteiger partial charge in [-0.15, -0.1) is 0 Å². The van der Waals surface area contributed by atoms with Gasteiger partial charge in [-0.25, -0.2) is 5.43 Å². The number of carbonyl (C=O) groups excluding carboxylic acids is 1. The number of nitrogens with zero attached hydrogens (tertiary/aromatic N) is 1. The Labute approximate surface area is 89.1 Å². The predicted molar refractivity (Wildman–Crippen MR) is 58.4 cm³/mol.